The number of ketones is 1. The Hall–Kier alpha value is -2.48. The summed E-state index contributed by atoms with van der Waals surface area (Å²) in [7, 11) is -3.49. The van der Waals surface area contributed by atoms with Crippen LogP contribution in [0.15, 0.2) is 53.4 Å². The summed E-state index contributed by atoms with van der Waals surface area (Å²) in [4.78, 5) is 18.6. The predicted molar refractivity (Wildman–Crippen MR) is 114 cm³/mol. The van der Waals surface area contributed by atoms with Crippen LogP contribution in [-0.2, 0) is 10.0 Å². The van der Waals surface area contributed by atoms with E-state index in [0.29, 0.717) is 37.6 Å². The van der Waals surface area contributed by atoms with E-state index < -0.39 is 10.0 Å². The lowest BCUT2D eigenvalue weighted by atomic mass is 10.1. The van der Waals surface area contributed by atoms with E-state index in [0.717, 1.165) is 27.7 Å². The Kier molecular flexibility index (Phi) is 5.29. The molecule has 1 aliphatic heterocycles. The van der Waals surface area contributed by atoms with Gasteiger partial charge in [0.15, 0.2) is 5.78 Å². The number of aryl methyl sites for hydroxylation is 2. The predicted octanol–water partition coefficient (Wildman–Crippen LogP) is 2.97. The topological polar surface area (TPSA) is 73.5 Å². The molecule has 0 bridgehead atoms. The molecule has 3 aromatic rings. The second-order valence-corrected chi connectivity index (χ2v) is 9.52. The quantitative estimate of drug-likeness (QED) is 0.655. The largest absolute Gasteiger partial charge is 0.358 e. The van der Waals surface area contributed by atoms with Gasteiger partial charge in [0, 0.05) is 48.3 Å². The molecule has 4 rings (SSSR count). The van der Waals surface area contributed by atoms with Crippen LogP contribution < -0.4 is 0 Å². The Morgan fingerprint density at radius 1 is 0.966 bits per heavy atom. The number of nitrogens with zero attached hydrogens (tertiary/aromatic N) is 2. The van der Waals surface area contributed by atoms with Crippen molar-refractivity contribution in [3.8, 4) is 0 Å². The Bertz CT molecular complexity index is 1140. The average molecular weight is 412 g/mol. The summed E-state index contributed by atoms with van der Waals surface area (Å²) < 4.78 is 27.2. The van der Waals surface area contributed by atoms with Crippen LogP contribution in [-0.4, -0.2) is 61.1 Å². The van der Waals surface area contributed by atoms with Gasteiger partial charge in [-0.1, -0.05) is 35.9 Å². The number of fused-ring (bicyclic) bond motifs is 1. The van der Waals surface area contributed by atoms with Crippen LogP contribution in [0.3, 0.4) is 0 Å². The van der Waals surface area contributed by atoms with Crippen molar-refractivity contribution in [2.24, 2.45) is 0 Å². The van der Waals surface area contributed by atoms with E-state index >= 15 is 0 Å². The summed E-state index contributed by atoms with van der Waals surface area (Å²) in [6.07, 6.45) is 0. The molecule has 29 heavy (non-hydrogen) atoms. The highest BCUT2D eigenvalue weighted by Gasteiger charge is 2.29. The number of sulfonamides is 1. The number of carbonyl (C=O) groups is 1. The average Bonchev–Trinajstić information content (AvgIpc) is 3.04. The molecule has 1 fully saturated rings. The molecule has 1 aliphatic rings. The van der Waals surface area contributed by atoms with E-state index in [4.69, 9.17) is 0 Å². The molecule has 152 valence electrons. The highest BCUT2D eigenvalue weighted by atomic mass is 32.2. The third-order valence-electron chi connectivity index (χ3n) is 5.53. The second kappa shape index (κ2) is 7.74. The number of aromatic nitrogens is 1. The van der Waals surface area contributed by atoms with Gasteiger partial charge in [-0.2, -0.15) is 4.31 Å². The fourth-order valence-corrected chi connectivity index (χ4v) is 5.33. The maximum Gasteiger partial charge on any atom is 0.243 e. The maximum atomic E-state index is 12.9. The molecule has 0 spiro atoms. The highest BCUT2D eigenvalue weighted by Crippen LogP contribution is 2.23. The van der Waals surface area contributed by atoms with E-state index in [1.165, 1.54) is 4.31 Å². The van der Waals surface area contributed by atoms with Gasteiger partial charge >= 0.3 is 0 Å². The third kappa shape index (κ3) is 3.85. The van der Waals surface area contributed by atoms with Crippen molar-refractivity contribution in [1.82, 2.24) is 14.2 Å². The summed E-state index contributed by atoms with van der Waals surface area (Å²) in [6, 6.07) is 14.7. The number of para-hydroxylation sites is 1. The minimum absolute atomic E-state index is 0.0646. The summed E-state index contributed by atoms with van der Waals surface area (Å²) in [5, 5.41) is 0.940. The van der Waals surface area contributed by atoms with Crippen molar-refractivity contribution in [1.29, 1.82) is 0 Å². The molecule has 1 aromatic heterocycles. The van der Waals surface area contributed by atoms with Crippen LogP contribution in [0.2, 0.25) is 0 Å². The molecule has 7 heteroatoms. The number of H-pyrrole nitrogens is 1. The number of carbonyl (C=O) groups excluding carboxylic acids is 1. The second-order valence-electron chi connectivity index (χ2n) is 7.59. The van der Waals surface area contributed by atoms with Crippen molar-refractivity contribution in [2.75, 3.05) is 32.7 Å². The van der Waals surface area contributed by atoms with Crippen LogP contribution in [0.1, 0.15) is 21.6 Å². The molecule has 2 heterocycles. The fraction of sp³-hybridized carbons (Fsp3) is 0.318. The molecule has 6 nitrogen and oxygen atoms in total. The number of Topliss-reactive ketones (excluding diaryl/α,β-unsaturated/α-hetero) is 1. The van der Waals surface area contributed by atoms with Crippen molar-refractivity contribution < 1.29 is 13.2 Å². The van der Waals surface area contributed by atoms with Crippen molar-refractivity contribution >= 4 is 26.7 Å². The van der Waals surface area contributed by atoms with Crippen LogP contribution >= 0.6 is 0 Å². The van der Waals surface area contributed by atoms with Crippen molar-refractivity contribution in [2.45, 2.75) is 18.7 Å². The molecule has 0 saturated carbocycles. The van der Waals surface area contributed by atoms with Gasteiger partial charge in [-0.15, -0.1) is 0 Å². The van der Waals surface area contributed by atoms with Gasteiger partial charge in [0.2, 0.25) is 10.0 Å². The number of benzene rings is 2. The maximum absolute atomic E-state index is 12.9. The molecule has 1 saturated heterocycles. The highest BCUT2D eigenvalue weighted by molar-refractivity contribution is 7.89. The number of hydrogen-bond acceptors (Lipinski definition) is 4. The van der Waals surface area contributed by atoms with E-state index in [1.807, 2.05) is 55.1 Å². The normalized spacial score (nSPS) is 16.3. The number of nitrogens with one attached hydrogen (secondary N) is 1. The first-order chi connectivity index (χ1) is 13.9. The molecule has 0 unspecified atom stereocenters. The smallest absolute Gasteiger partial charge is 0.243 e. The summed E-state index contributed by atoms with van der Waals surface area (Å²) in [5.41, 5.74) is 3.59. The van der Waals surface area contributed by atoms with Gasteiger partial charge in [-0.3, -0.25) is 9.69 Å². The van der Waals surface area contributed by atoms with Gasteiger partial charge in [-0.05, 0) is 32.0 Å². The van der Waals surface area contributed by atoms with Crippen molar-refractivity contribution in [3.05, 3.63) is 65.4 Å². The Balaban J connectivity index is 1.43. The summed E-state index contributed by atoms with van der Waals surface area (Å²) >= 11 is 0. The first-order valence-electron chi connectivity index (χ1n) is 9.76. The summed E-state index contributed by atoms with van der Waals surface area (Å²) in [6.45, 7) is 5.99. The van der Waals surface area contributed by atoms with Crippen molar-refractivity contribution in [3.63, 3.8) is 0 Å². The monoisotopic (exact) mass is 411 g/mol. The molecule has 0 aliphatic carbocycles. The SMILES string of the molecule is Cc1ccc(S(=O)(=O)N2CCN(CC(=O)c3c(C)[nH]c4ccccc34)CC2)cc1. The zero-order valence-electron chi connectivity index (χ0n) is 16.7. The standard InChI is InChI=1S/C22H25N3O3S/c1-16-7-9-18(10-8-16)29(27,28)25-13-11-24(12-14-25)15-21(26)22-17(2)23-20-6-4-3-5-19(20)22/h3-10,23H,11-15H2,1-2H3. The molecule has 0 radical (unpaired) electrons. The Labute approximate surface area is 171 Å². The minimum atomic E-state index is -3.49. The molecule has 0 atom stereocenters. The number of piperazine rings is 1. The lowest BCUT2D eigenvalue weighted by Crippen LogP contribution is -2.49. The van der Waals surface area contributed by atoms with E-state index in [-0.39, 0.29) is 5.78 Å². The summed E-state index contributed by atoms with van der Waals surface area (Å²) in [5.74, 6) is 0.0646. The Morgan fingerprint density at radius 3 is 2.31 bits per heavy atom. The lowest BCUT2D eigenvalue weighted by molar-refractivity contribution is 0.0903. The van der Waals surface area contributed by atoms with Gasteiger partial charge in [0.25, 0.3) is 0 Å². The van der Waals surface area contributed by atoms with Crippen LogP contribution in [0.4, 0.5) is 0 Å². The first-order valence-corrected chi connectivity index (χ1v) is 11.2. The number of rotatable bonds is 5. The molecule has 2 aromatic carbocycles. The lowest BCUT2D eigenvalue weighted by Gasteiger charge is -2.33. The van der Waals surface area contributed by atoms with Gasteiger partial charge in [-0.25, -0.2) is 8.42 Å². The van der Waals surface area contributed by atoms with Crippen LogP contribution in [0.5, 0.6) is 0 Å². The molecular weight excluding hydrogens is 386 g/mol. The van der Waals surface area contributed by atoms with Gasteiger partial charge in [0.05, 0.1) is 11.4 Å². The number of hydrogen-bond donors (Lipinski definition) is 1. The number of aromatic amines is 1. The third-order valence-corrected chi connectivity index (χ3v) is 7.44. The fourth-order valence-electron chi connectivity index (χ4n) is 3.91. The van der Waals surface area contributed by atoms with Gasteiger partial charge in [0.1, 0.15) is 0 Å². The van der Waals surface area contributed by atoms with Crippen LogP contribution in [0, 0.1) is 13.8 Å². The van der Waals surface area contributed by atoms with E-state index in [9.17, 15) is 13.2 Å². The van der Waals surface area contributed by atoms with E-state index in [1.54, 1.807) is 12.1 Å². The van der Waals surface area contributed by atoms with Crippen LogP contribution in [0.25, 0.3) is 10.9 Å². The molecular formula is C22H25N3O3S. The zero-order valence-corrected chi connectivity index (χ0v) is 17.5. The first kappa shape index (κ1) is 19.8. The Morgan fingerprint density at radius 2 is 1.62 bits per heavy atom. The minimum Gasteiger partial charge on any atom is -0.358 e. The van der Waals surface area contributed by atoms with Gasteiger partial charge < -0.3 is 4.98 Å². The van der Waals surface area contributed by atoms with E-state index in [2.05, 4.69) is 4.98 Å². The zero-order chi connectivity index (χ0) is 20.6. The molecule has 1 N–H and O–H groups in total. The molecule has 0 amide bonds.